The lowest BCUT2D eigenvalue weighted by Crippen LogP contribution is -2.30. The first-order chi connectivity index (χ1) is 10.5. The summed E-state index contributed by atoms with van der Waals surface area (Å²) >= 11 is 5.77. The van der Waals surface area contributed by atoms with E-state index in [1.165, 1.54) is 22.9 Å². The third-order valence-corrected chi connectivity index (χ3v) is 3.99. The van der Waals surface area contributed by atoms with E-state index in [2.05, 4.69) is 10.3 Å². The van der Waals surface area contributed by atoms with Gasteiger partial charge in [0, 0.05) is 13.1 Å². The Hall–Kier alpha value is -1.99. The van der Waals surface area contributed by atoms with Crippen molar-refractivity contribution in [3.63, 3.8) is 0 Å². The molecule has 0 spiro atoms. The van der Waals surface area contributed by atoms with Gasteiger partial charge < -0.3 is 10.0 Å². The summed E-state index contributed by atoms with van der Waals surface area (Å²) in [5.74, 6) is -0.793. The van der Waals surface area contributed by atoms with Crippen molar-refractivity contribution in [2.75, 3.05) is 13.1 Å². The van der Waals surface area contributed by atoms with Gasteiger partial charge in [-0.2, -0.15) is 0 Å². The third kappa shape index (κ3) is 2.57. The third-order valence-electron chi connectivity index (χ3n) is 3.70. The predicted molar refractivity (Wildman–Crippen MR) is 77.6 cm³/mol. The van der Waals surface area contributed by atoms with Gasteiger partial charge in [0.25, 0.3) is 5.91 Å². The van der Waals surface area contributed by atoms with Crippen molar-refractivity contribution >= 4 is 17.5 Å². The number of hydrogen-bond donors (Lipinski definition) is 1. The second-order valence-corrected chi connectivity index (χ2v) is 5.63. The van der Waals surface area contributed by atoms with Gasteiger partial charge >= 0.3 is 0 Å². The van der Waals surface area contributed by atoms with Gasteiger partial charge in [0.05, 0.1) is 22.5 Å². The van der Waals surface area contributed by atoms with E-state index in [0.717, 1.165) is 0 Å². The molecule has 1 aromatic carbocycles. The molecule has 116 valence electrons. The van der Waals surface area contributed by atoms with Crippen LogP contribution in [0.2, 0.25) is 5.02 Å². The van der Waals surface area contributed by atoms with Crippen LogP contribution in [0.1, 0.15) is 22.6 Å². The molecule has 2 heterocycles. The second-order valence-electron chi connectivity index (χ2n) is 5.23. The highest BCUT2D eigenvalue weighted by atomic mass is 35.5. The summed E-state index contributed by atoms with van der Waals surface area (Å²) in [6, 6.07) is 4.17. The van der Waals surface area contributed by atoms with Crippen LogP contribution in [-0.2, 0) is 0 Å². The van der Waals surface area contributed by atoms with E-state index in [0.29, 0.717) is 30.9 Å². The van der Waals surface area contributed by atoms with E-state index in [1.54, 1.807) is 11.8 Å². The van der Waals surface area contributed by atoms with Crippen molar-refractivity contribution in [2.45, 2.75) is 19.4 Å². The van der Waals surface area contributed by atoms with Crippen molar-refractivity contribution < 1.29 is 14.3 Å². The summed E-state index contributed by atoms with van der Waals surface area (Å²) in [4.78, 5) is 13.9. The zero-order chi connectivity index (χ0) is 15.9. The maximum atomic E-state index is 13.2. The van der Waals surface area contributed by atoms with E-state index in [4.69, 9.17) is 11.6 Å². The van der Waals surface area contributed by atoms with Crippen LogP contribution in [0.4, 0.5) is 4.39 Å². The van der Waals surface area contributed by atoms with E-state index in [1.807, 2.05) is 0 Å². The first-order valence-corrected chi connectivity index (χ1v) is 7.20. The molecule has 1 atom stereocenters. The van der Waals surface area contributed by atoms with Crippen molar-refractivity contribution in [1.82, 2.24) is 19.9 Å². The Labute approximate surface area is 131 Å². The van der Waals surface area contributed by atoms with Crippen molar-refractivity contribution in [1.29, 1.82) is 0 Å². The minimum atomic E-state index is -0.523. The fraction of sp³-hybridized carbons (Fsp3) is 0.357. The molecule has 2 aromatic rings. The molecule has 8 heteroatoms. The molecular weight excluding hydrogens is 311 g/mol. The number of amides is 1. The Kier molecular flexibility index (Phi) is 3.84. The van der Waals surface area contributed by atoms with Crippen molar-refractivity contribution in [2.24, 2.45) is 0 Å². The highest BCUT2D eigenvalue weighted by molar-refractivity contribution is 6.30. The molecule has 1 aliphatic heterocycles. The number of likely N-dealkylation sites (tertiary alicyclic amines) is 1. The predicted octanol–water partition coefficient (Wildman–Crippen LogP) is 1.58. The summed E-state index contributed by atoms with van der Waals surface area (Å²) in [5.41, 5.74) is 1.28. The smallest absolute Gasteiger partial charge is 0.276 e. The lowest BCUT2D eigenvalue weighted by Gasteiger charge is -2.14. The second kappa shape index (κ2) is 5.66. The lowest BCUT2D eigenvalue weighted by molar-refractivity contribution is 0.0758. The average molecular weight is 325 g/mol. The maximum Gasteiger partial charge on any atom is 0.276 e. The van der Waals surface area contributed by atoms with Crippen LogP contribution in [0.25, 0.3) is 5.69 Å². The fourth-order valence-corrected chi connectivity index (χ4v) is 2.64. The Morgan fingerprint density at radius 3 is 2.91 bits per heavy atom. The molecule has 22 heavy (non-hydrogen) atoms. The maximum absolute atomic E-state index is 13.2. The molecule has 1 fully saturated rings. The van der Waals surface area contributed by atoms with Crippen LogP contribution in [0.5, 0.6) is 0 Å². The molecule has 1 N–H and O–H groups in total. The molecular formula is C14H14ClFN4O2. The van der Waals surface area contributed by atoms with E-state index in [9.17, 15) is 14.3 Å². The lowest BCUT2D eigenvalue weighted by atomic mass is 10.2. The molecule has 1 aromatic heterocycles. The van der Waals surface area contributed by atoms with Gasteiger partial charge in [0.15, 0.2) is 5.69 Å². The van der Waals surface area contributed by atoms with Gasteiger partial charge in [-0.05, 0) is 31.5 Å². The summed E-state index contributed by atoms with van der Waals surface area (Å²) < 4.78 is 14.7. The summed E-state index contributed by atoms with van der Waals surface area (Å²) in [7, 11) is 0. The fourth-order valence-electron chi connectivity index (χ4n) is 2.46. The molecule has 3 rings (SSSR count). The zero-order valence-corrected chi connectivity index (χ0v) is 12.6. The quantitative estimate of drug-likeness (QED) is 0.910. The Balaban J connectivity index is 1.91. The van der Waals surface area contributed by atoms with Crippen LogP contribution >= 0.6 is 11.6 Å². The summed E-state index contributed by atoms with van der Waals surface area (Å²) in [6.07, 6.45) is 0.0714. The number of β-amino-alcohol motifs (C(OH)–C–C–N with tert-alkyl or cyclic N) is 1. The van der Waals surface area contributed by atoms with Crippen LogP contribution in [-0.4, -0.2) is 50.1 Å². The molecule has 1 aliphatic rings. The molecule has 0 aliphatic carbocycles. The van der Waals surface area contributed by atoms with Gasteiger partial charge in [-0.15, -0.1) is 5.10 Å². The van der Waals surface area contributed by atoms with Gasteiger partial charge in [-0.1, -0.05) is 16.8 Å². The van der Waals surface area contributed by atoms with Gasteiger partial charge in [-0.25, -0.2) is 9.07 Å². The molecule has 0 unspecified atom stereocenters. The number of hydrogen-bond acceptors (Lipinski definition) is 4. The van der Waals surface area contributed by atoms with Gasteiger partial charge in [0.1, 0.15) is 5.82 Å². The first kappa shape index (κ1) is 14.9. The largest absolute Gasteiger partial charge is 0.391 e. The number of nitrogens with zero attached hydrogens (tertiary/aromatic N) is 4. The first-order valence-electron chi connectivity index (χ1n) is 6.82. The minimum Gasteiger partial charge on any atom is -0.391 e. The molecule has 6 nitrogen and oxygen atoms in total. The standard InChI is InChI=1S/C14H14ClFN4O2/c1-8-13(14(22)19-5-4-10(21)7-19)17-18-20(8)9-2-3-12(16)11(15)6-9/h2-3,6,10,21H,4-5,7H2,1H3/t10-/m1/s1. The summed E-state index contributed by atoms with van der Waals surface area (Å²) in [6.45, 7) is 2.50. The number of aliphatic hydroxyl groups is 1. The molecule has 0 bridgehead atoms. The average Bonchev–Trinajstić information content (AvgIpc) is 3.08. The van der Waals surface area contributed by atoms with E-state index >= 15 is 0 Å². The van der Waals surface area contributed by atoms with Crippen molar-refractivity contribution in [3.05, 3.63) is 40.4 Å². The van der Waals surface area contributed by atoms with E-state index < -0.39 is 11.9 Å². The van der Waals surface area contributed by atoms with Gasteiger partial charge in [-0.3, -0.25) is 4.79 Å². The van der Waals surface area contributed by atoms with Crippen LogP contribution in [0, 0.1) is 12.7 Å². The minimum absolute atomic E-state index is 0.0251. The van der Waals surface area contributed by atoms with Gasteiger partial charge in [0.2, 0.25) is 0 Å². The number of rotatable bonds is 2. The Bertz CT molecular complexity index is 734. The molecule has 0 radical (unpaired) electrons. The topological polar surface area (TPSA) is 71.2 Å². The number of aliphatic hydroxyl groups excluding tert-OH is 1. The SMILES string of the molecule is Cc1c(C(=O)N2CC[C@@H](O)C2)nnn1-c1ccc(F)c(Cl)c1. The van der Waals surface area contributed by atoms with Crippen LogP contribution in [0.15, 0.2) is 18.2 Å². The Morgan fingerprint density at radius 2 is 2.27 bits per heavy atom. The van der Waals surface area contributed by atoms with E-state index in [-0.39, 0.29) is 16.6 Å². The highest BCUT2D eigenvalue weighted by Crippen LogP contribution is 2.21. The Morgan fingerprint density at radius 1 is 1.50 bits per heavy atom. The normalized spacial score (nSPS) is 18.0. The summed E-state index contributed by atoms with van der Waals surface area (Å²) in [5, 5.41) is 17.4. The number of benzene rings is 1. The number of halogens is 2. The van der Waals surface area contributed by atoms with Crippen LogP contribution in [0.3, 0.4) is 0 Å². The molecule has 1 saturated heterocycles. The number of aromatic nitrogens is 3. The number of carbonyl (C=O) groups is 1. The number of carbonyl (C=O) groups excluding carboxylic acids is 1. The molecule has 0 saturated carbocycles. The van der Waals surface area contributed by atoms with Crippen molar-refractivity contribution in [3.8, 4) is 5.69 Å². The molecule has 1 amide bonds. The monoisotopic (exact) mass is 324 g/mol. The highest BCUT2D eigenvalue weighted by Gasteiger charge is 2.29. The zero-order valence-electron chi connectivity index (χ0n) is 11.8. The van der Waals surface area contributed by atoms with Crippen LogP contribution < -0.4 is 0 Å².